The number of hydrogen-bond acceptors (Lipinski definition) is 5. The molecule has 218 valence electrons. The molecule has 3 atom stereocenters. The Balaban J connectivity index is 2.38. The van der Waals surface area contributed by atoms with Crippen molar-refractivity contribution in [1.29, 1.82) is 0 Å². The highest BCUT2D eigenvalue weighted by molar-refractivity contribution is 6.30. The molecule has 0 aliphatic carbocycles. The molecule has 0 aliphatic heterocycles. The highest BCUT2D eigenvalue weighted by atomic mass is 35.5. The third-order valence-electron chi connectivity index (χ3n) is 5.03. The van der Waals surface area contributed by atoms with Gasteiger partial charge in [-0.1, -0.05) is 24.9 Å². The summed E-state index contributed by atoms with van der Waals surface area (Å²) < 4.78 is 115. The van der Waals surface area contributed by atoms with Gasteiger partial charge in [0, 0.05) is 18.9 Å². The van der Waals surface area contributed by atoms with E-state index in [-0.39, 0.29) is 22.9 Å². The molecule has 0 spiro atoms. The molecule has 39 heavy (non-hydrogen) atoms. The Morgan fingerprint density at radius 3 is 2.38 bits per heavy atom. The minimum Gasteiger partial charge on any atom is -0.428 e. The van der Waals surface area contributed by atoms with E-state index in [0.29, 0.717) is 25.0 Å². The van der Waals surface area contributed by atoms with Crippen LogP contribution in [-0.2, 0) is 4.74 Å². The van der Waals surface area contributed by atoms with Crippen LogP contribution in [0.25, 0.3) is 0 Å². The van der Waals surface area contributed by atoms with Crippen molar-refractivity contribution in [2.45, 2.75) is 56.7 Å². The average molecular weight is 594 g/mol. The lowest BCUT2D eigenvalue weighted by molar-refractivity contribution is -0.253. The van der Waals surface area contributed by atoms with Gasteiger partial charge in [-0.2, -0.15) is 30.7 Å². The maximum Gasteiger partial charge on any atom is 0.461 e. The first-order valence-electron chi connectivity index (χ1n) is 11.3. The lowest BCUT2D eigenvalue weighted by atomic mass is 10.0. The maximum atomic E-state index is 14.3. The number of benzene rings is 1. The number of hydrogen-bond donors (Lipinski definition) is 3. The van der Waals surface area contributed by atoms with Crippen LogP contribution >= 0.6 is 11.6 Å². The summed E-state index contributed by atoms with van der Waals surface area (Å²) >= 11 is 5.79. The number of unbranched alkanes of at least 4 members (excludes halogenated alkanes) is 1. The quantitative estimate of drug-likeness (QED) is 0.208. The molecule has 2 rings (SSSR count). The molecule has 0 radical (unpaired) electrons. The molecule has 0 saturated heterocycles. The summed E-state index contributed by atoms with van der Waals surface area (Å²) in [4.78, 5) is 16.7. The fraction of sp³-hybridized carbons (Fsp3) is 0.478. The standard InChI is InChI=1S/C23H24ClF8N3O4/c1-2-3-6-38-11-17(19(36)22(28,29)30)34-21(37)35-18(16-5-4-13(24)10-33-16)12-7-14(25)9-15(8-12)39-23(31,32)20(26)27/h4-5,7-10,17-20,36H,2-3,6,11H2,1H3,(H2,34,35,37)/t17-,18+,19-/m1/s1. The Hall–Kier alpha value is -2.91. The number of aliphatic hydroxyl groups is 1. The maximum absolute atomic E-state index is 14.3. The van der Waals surface area contributed by atoms with E-state index in [1.807, 2.05) is 5.32 Å². The Bertz CT molecular complexity index is 1080. The zero-order chi connectivity index (χ0) is 29.4. The SMILES string of the molecule is CCCCOC[C@@H](NC(=O)N[C@@H](c1cc(F)cc(OC(F)(F)C(F)F)c1)c1ccc(Cl)cn1)[C@@H](O)C(F)(F)F. The van der Waals surface area contributed by atoms with Gasteiger partial charge in [-0.15, -0.1) is 0 Å². The molecule has 16 heteroatoms. The number of alkyl halides is 7. The van der Waals surface area contributed by atoms with Crippen LogP contribution in [0.2, 0.25) is 5.02 Å². The molecule has 0 bridgehead atoms. The topological polar surface area (TPSA) is 92.7 Å². The van der Waals surface area contributed by atoms with E-state index in [4.69, 9.17) is 16.3 Å². The molecule has 2 aromatic rings. The van der Waals surface area contributed by atoms with Gasteiger partial charge < -0.3 is 25.2 Å². The zero-order valence-corrected chi connectivity index (χ0v) is 20.9. The molecule has 0 fully saturated rings. The summed E-state index contributed by atoms with van der Waals surface area (Å²) in [7, 11) is 0. The first-order valence-corrected chi connectivity index (χ1v) is 11.7. The second kappa shape index (κ2) is 13.9. The number of pyridine rings is 1. The Morgan fingerprint density at radius 1 is 1.13 bits per heavy atom. The molecule has 3 N–H and O–H groups in total. The van der Waals surface area contributed by atoms with Gasteiger partial charge in [-0.25, -0.2) is 9.18 Å². The number of aliphatic hydroxyl groups excluding tert-OH is 1. The molecule has 1 heterocycles. The van der Waals surface area contributed by atoms with Crippen molar-refractivity contribution in [2.24, 2.45) is 0 Å². The fourth-order valence-corrected chi connectivity index (χ4v) is 3.25. The number of nitrogens with zero attached hydrogens (tertiary/aromatic N) is 1. The molecular weight excluding hydrogens is 570 g/mol. The molecule has 1 aromatic heterocycles. The molecule has 0 saturated carbocycles. The lowest BCUT2D eigenvalue weighted by Gasteiger charge is -2.27. The predicted octanol–water partition coefficient (Wildman–Crippen LogP) is 5.61. The van der Waals surface area contributed by atoms with Crippen LogP contribution in [0.4, 0.5) is 39.9 Å². The number of aromatic nitrogens is 1. The summed E-state index contributed by atoms with van der Waals surface area (Å²) in [6, 6.07) is -0.509. The van der Waals surface area contributed by atoms with Crippen molar-refractivity contribution in [2.75, 3.05) is 13.2 Å². The Labute approximate surface area is 222 Å². The second-order valence-corrected chi connectivity index (χ2v) is 8.59. The van der Waals surface area contributed by atoms with Gasteiger partial charge >= 0.3 is 24.7 Å². The molecule has 7 nitrogen and oxygen atoms in total. The van der Waals surface area contributed by atoms with Gasteiger partial charge in [-0.05, 0) is 36.2 Å². The van der Waals surface area contributed by atoms with Gasteiger partial charge in [0.05, 0.1) is 29.4 Å². The Kier molecular flexibility index (Phi) is 11.5. The molecular formula is C23H24ClF8N3O4. The minimum absolute atomic E-state index is 0.0491. The molecule has 2 amide bonds. The van der Waals surface area contributed by atoms with E-state index in [1.54, 1.807) is 6.92 Å². The Morgan fingerprint density at radius 2 is 1.82 bits per heavy atom. The summed E-state index contributed by atoms with van der Waals surface area (Å²) in [5, 5.41) is 13.9. The number of urea groups is 1. The highest BCUT2D eigenvalue weighted by Crippen LogP contribution is 2.32. The van der Waals surface area contributed by atoms with E-state index in [9.17, 15) is 45.0 Å². The van der Waals surface area contributed by atoms with Crippen LogP contribution in [0.15, 0.2) is 36.5 Å². The van der Waals surface area contributed by atoms with Crippen LogP contribution in [-0.4, -0.2) is 60.2 Å². The number of halogens is 9. The number of carbonyl (C=O) groups is 1. The number of ether oxygens (including phenoxy) is 2. The average Bonchev–Trinajstić information content (AvgIpc) is 2.83. The molecule has 0 aliphatic rings. The summed E-state index contributed by atoms with van der Waals surface area (Å²) in [5.41, 5.74) is -0.453. The summed E-state index contributed by atoms with van der Waals surface area (Å²) in [6.07, 6.45) is -15.1. The van der Waals surface area contributed by atoms with Crippen LogP contribution in [0.5, 0.6) is 5.75 Å². The first-order chi connectivity index (χ1) is 18.1. The zero-order valence-electron chi connectivity index (χ0n) is 20.1. The van der Waals surface area contributed by atoms with Crippen LogP contribution in [0.3, 0.4) is 0 Å². The highest BCUT2D eigenvalue weighted by Gasteiger charge is 2.45. The first kappa shape index (κ1) is 32.3. The normalized spacial score (nSPS) is 14.6. The molecule has 0 unspecified atom stereocenters. The van der Waals surface area contributed by atoms with Crippen LogP contribution < -0.4 is 15.4 Å². The van der Waals surface area contributed by atoms with Crippen molar-refractivity contribution < 1.29 is 54.5 Å². The number of rotatable bonds is 13. The third-order valence-corrected chi connectivity index (χ3v) is 5.25. The van der Waals surface area contributed by atoms with Crippen LogP contribution in [0.1, 0.15) is 37.1 Å². The van der Waals surface area contributed by atoms with E-state index in [2.05, 4.69) is 15.0 Å². The third kappa shape index (κ3) is 9.97. The van der Waals surface area contributed by atoms with E-state index in [1.165, 1.54) is 12.1 Å². The van der Waals surface area contributed by atoms with Crippen molar-refractivity contribution >= 4 is 17.6 Å². The van der Waals surface area contributed by atoms with Gasteiger partial charge in [0.1, 0.15) is 11.6 Å². The predicted molar refractivity (Wildman–Crippen MR) is 122 cm³/mol. The van der Waals surface area contributed by atoms with Gasteiger partial charge in [0.2, 0.25) is 0 Å². The van der Waals surface area contributed by atoms with Crippen molar-refractivity contribution in [3.05, 3.63) is 58.6 Å². The van der Waals surface area contributed by atoms with Crippen molar-refractivity contribution in [1.82, 2.24) is 15.6 Å². The lowest BCUT2D eigenvalue weighted by Crippen LogP contribution is -2.55. The smallest absolute Gasteiger partial charge is 0.428 e. The van der Waals surface area contributed by atoms with E-state index in [0.717, 1.165) is 12.3 Å². The summed E-state index contributed by atoms with van der Waals surface area (Å²) in [6.45, 7) is 1.13. The van der Waals surface area contributed by atoms with Crippen molar-refractivity contribution in [3.8, 4) is 5.75 Å². The second-order valence-electron chi connectivity index (χ2n) is 8.16. The van der Waals surface area contributed by atoms with E-state index >= 15 is 0 Å². The minimum atomic E-state index is -5.13. The van der Waals surface area contributed by atoms with Gasteiger partial charge in [0.25, 0.3) is 0 Å². The largest absolute Gasteiger partial charge is 0.461 e. The van der Waals surface area contributed by atoms with Crippen LogP contribution in [0, 0.1) is 5.82 Å². The van der Waals surface area contributed by atoms with Gasteiger partial charge in [-0.3, -0.25) is 4.98 Å². The number of carbonyl (C=O) groups excluding carboxylic acids is 1. The van der Waals surface area contributed by atoms with Gasteiger partial charge in [0.15, 0.2) is 6.10 Å². The monoisotopic (exact) mass is 593 g/mol. The molecule has 1 aromatic carbocycles. The number of amides is 2. The van der Waals surface area contributed by atoms with Crippen molar-refractivity contribution in [3.63, 3.8) is 0 Å². The summed E-state index contributed by atoms with van der Waals surface area (Å²) in [5.74, 6) is -2.27. The fourth-order valence-electron chi connectivity index (χ4n) is 3.14. The number of nitrogens with one attached hydrogen (secondary N) is 2. The van der Waals surface area contributed by atoms with E-state index < -0.39 is 61.1 Å².